The summed E-state index contributed by atoms with van der Waals surface area (Å²) in [7, 11) is 0. The maximum Gasteiger partial charge on any atom is 0.184 e. The Balaban J connectivity index is 1.13. The number of aromatic nitrogens is 4. The van der Waals surface area contributed by atoms with E-state index in [1.54, 1.807) is 0 Å². The molecule has 6 rings (SSSR count). The van der Waals surface area contributed by atoms with Crippen LogP contribution >= 0.6 is 0 Å². The van der Waals surface area contributed by atoms with Gasteiger partial charge in [-0.1, -0.05) is 60.7 Å². The molecule has 0 atom stereocenters. The van der Waals surface area contributed by atoms with Crippen molar-refractivity contribution in [1.29, 1.82) is 0 Å². The highest BCUT2D eigenvalue weighted by Crippen LogP contribution is 2.28. The first kappa shape index (κ1) is 24.5. The molecule has 1 aliphatic rings. The molecule has 7 heteroatoms. The topological polar surface area (TPSA) is 58.8 Å². The molecule has 0 unspecified atom stereocenters. The largest absolute Gasteiger partial charge is 0.367 e. The first-order valence-electron chi connectivity index (χ1n) is 13.4. The number of piperazine rings is 1. The summed E-state index contributed by atoms with van der Waals surface area (Å²) in [6, 6.07) is 25.2. The van der Waals surface area contributed by atoms with Crippen LogP contribution < -0.4 is 4.90 Å². The lowest BCUT2D eigenvalue weighted by molar-refractivity contribution is 0.0586. The third-order valence-corrected chi connectivity index (χ3v) is 7.37. The summed E-state index contributed by atoms with van der Waals surface area (Å²) >= 11 is 0. The third-order valence-electron chi connectivity index (χ3n) is 7.37. The predicted molar refractivity (Wildman–Crippen MR) is 152 cm³/mol. The van der Waals surface area contributed by atoms with Crippen molar-refractivity contribution in [2.24, 2.45) is 0 Å². The van der Waals surface area contributed by atoms with Crippen molar-refractivity contribution in [3.8, 4) is 0 Å². The number of hydrogen-bond donors (Lipinski definition) is 0. The van der Waals surface area contributed by atoms with Crippen LogP contribution in [0.2, 0.25) is 0 Å². The maximum absolute atomic E-state index is 6.47. The summed E-state index contributed by atoms with van der Waals surface area (Å²) in [4.78, 5) is 14.4. The molecule has 38 heavy (non-hydrogen) atoms. The number of benzene rings is 2. The van der Waals surface area contributed by atoms with Crippen molar-refractivity contribution >= 4 is 22.5 Å². The van der Waals surface area contributed by atoms with E-state index in [1.165, 1.54) is 16.7 Å². The minimum absolute atomic E-state index is 0.0542. The lowest BCUT2D eigenvalue weighted by Gasteiger charge is -2.36. The van der Waals surface area contributed by atoms with Gasteiger partial charge in [0.25, 0.3) is 0 Å². The van der Waals surface area contributed by atoms with Gasteiger partial charge in [0.05, 0.1) is 12.0 Å². The van der Waals surface area contributed by atoms with Crippen molar-refractivity contribution in [2.45, 2.75) is 26.9 Å². The zero-order valence-electron chi connectivity index (χ0n) is 22.3. The first-order valence-corrected chi connectivity index (χ1v) is 13.4. The number of aryl methyl sites for hydroxylation is 3. The molecule has 1 aliphatic heterocycles. The van der Waals surface area contributed by atoms with Crippen molar-refractivity contribution in [1.82, 2.24) is 24.5 Å². The molecule has 0 spiro atoms. The number of anilines is 1. The monoisotopic (exact) mass is 506 g/mol. The summed E-state index contributed by atoms with van der Waals surface area (Å²) in [6.07, 6.45) is -0.0542. The molecular formula is C31H34N6O. The van der Waals surface area contributed by atoms with Gasteiger partial charge in [-0.05, 0) is 43.5 Å². The van der Waals surface area contributed by atoms with E-state index in [2.05, 4.69) is 89.3 Å². The number of ether oxygens (including phenoxy) is 1. The molecule has 194 valence electrons. The van der Waals surface area contributed by atoms with Gasteiger partial charge in [-0.25, -0.2) is 9.97 Å². The molecule has 3 aromatic heterocycles. The van der Waals surface area contributed by atoms with E-state index >= 15 is 0 Å². The Labute approximate surface area is 223 Å². The van der Waals surface area contributed by atoms with Gasteiger partial charge in [-0.2, -0.15) is 4.52 Å². The molecular weight excluding hydrogens is 472 g/mol. The number of pyridine rings is 1. The lowest BCUT2D eigenvalue weighted by Crippen LogP contribution is -2.48. The van der Waals surface area contributed by atoms with E-state index in [-0.39, 0.29) is 6.10 Å². The lowest BCUT2D eigenvalue weighted by atomic mass is 10.0. The zero-order valence-corrected chi connectivity index (χ0v) is 22.3. The number of fused-ring (bicyclic) bond motifs is 3. The molecule has 5 aromatic rings. The van der Waals surface area contributed by atoms with Gasteiger partial charge >= 0.3 is 0 Å². The normalized spacial score (nSPS) is 14.7. The summed E-state index contributed by atoms with van der Waals surface area (Å²) in [5.41, 5.74) is 7.18. The van der Waals surface area contributed by atoms with Crippen LogP contribution in [0.3, 0.4) is 0 Å². The predicted octanol–water partition coefficient (Wildman–Crippen LogP) is 5.13. The fourth-order valence-corrected chi connectivity index (χ4v) is 5.49. The number of rotatable bonds is 7. The van der Waals surface area contributed by atoms with E-state index in [9.17, 15) is 0 Å². The van der Waals surface area contributed by atoms with Crippen LogP contribution in [0.1, 0.15) is 34.2 Å². The van der Waals surface area contributed by atoms with Gasteiger partial charge in [-0.15, -0.1) is 5.10 Å². The molecule has 0 bridgehead atoms. The molecule has 0 amide bonds. The zero-order chi connectivity index (χ0) is 26.1. The van der Waals surface area contributed by atoms with Crippen LogP contribution in [0.15, 0.2) is 72.8 Å². The molecule has 0 radical (unpaired) electrons. The SMILES string of the molecule is Cc1cc(C)c2c(n1)nn1c(N3CCN(CCOC(c4ccccc4)c4ccccc4)CC3)cc(C)nc21. The maximum atomic E-state index is 6.47. The van der Waals surface area contributed by atoms with E-state index in [0.717, 1.165) is 66.6 Å². The third kappa shape index (κ3) is 4.87. The highest BCUT2D eigenvalue weighted by molar-refractivity contribution is 5.93. The van der Waals surface area contributed by atoms with E-state index < -0.39 is 0 Å². The Bertz CT molecular complexity index is 1500. The fraction of sp³-hybridized carbons (Fsp3) is 0.323. The van der Waals surface area contributed by atoms with Crippen LogP contribution in [-0.4, -0.2) is 63.8 Å². The summed E-state index contributed by atoms with van der Waals surface area (Å²) in [5.74, 6) is 1.09. The average Bonchev–Trinajstić information content (AvgIpc) is 3.30. The van der Waals surface area contributed by atoms with Crippen LogP contribution in [0, 0.1) is 20.8 Å². The van der Waals surface area contributed by atoms with E-state index in [4.69, 9.17) is 14.8 Å². The van der Waals surface area contributed by atoms with Crippen LogP contribution in [0.5, 0.6) is 0 Å². The van der Waals surface area contributed by atoms with Crippen LogP contribution in [-0.2, 0) is 4.74 Å². The molecule has 4 heterocycles. The van der Waals surface area contributed by atoms with Gasteiger partial charge in [0.15, 0.2) is 11.3 Å². The Kier molecular flexibility index (Phi) is 6.79. The highest BCUT2D eigenvalue weighted by atomic mass is 16.5. The standard InChI is InChI=1S/C31H34N6O/c1-22-20-23(2)32-30-28(22)31-33-24(3)21-27(37(31)34-30)36-16-14-35(15-17-36)18-19-38-29(25-10-6-4-7-11-25)26-12-8-5-9-13-26/h4-13,20-21,29H,14-19H2,1-3H3. The molecule has 0 saturated carbocycles. The van der Waals surface area contributed by atoms with E-state index in [0.29, 0.717) is 6.61 Å². The van der Waals surface area contributed by atoms with Gasteiger partial charge < -0.3 is 9.64 Å². The second kappa shape index (κ2) is 10.5. The summed E-state index contributed by atoms with van der Waals surface area (Å²) in [6.45, 7) is 11.6. The van der Waals surface area contributed by atoms with Crippen molar-refractivity contribution < 1.29 is 4.74 Å². The summed E-state index contributed by atoms with van der Waals surface area (Å²) in [5, 5.41) is 5.91. The Morgan fingerprint density at radius 3 is 2.08 bits per heavy atom. The molecule has 1 saturated heterocycles. The van der Waals surface area contributed by atoms with Crippen molar-refractivity contribution in [3.05, 3.63) is 101 Å². The van der Waals surface area contributed by atoms with Gasteiger partial charge in [0.2, 0.25) is 0 Å². The quantitative estimate of drug-likeness (QED) is 0.305. The fourth-order valence-electron chi connectivity index (χ4n) is 5.49. The summed E-state index contributed by atoms with van der Waals surface area (Å²) < 4.78 is 8.46. The van der Waals surface area contributed by atoms with Crippen molar-refractivity contribution in [2.75, 3.05) is 44.2 Å². The van der Waals surface area contributed by atoms with Crippen molar-refractivity contribution in [3.63, 3.8) is 0 Å². The first-order chi connectivity index (χ1) is 18.6. The smallest absolute Gasteiger partial charge is 0.184 e. The second-order valence-electron chi connectivity index (χ2n) is 10.2. The Morgan fingerprint density at radius 1 is 0.789 bits per heavy atom. The molecule has 0 N–H and O–H groups in total. The van der Waals surface area contributed by atoms with Crippen LogP contribution in [0.4, 0.5) is 5.82 Å². The Morgan fingerprint density at radius 2 is 1.42 bits per heavy atom. The molecule has 1 fully saturated rings. The second-order valence-corrected chi connectivity index (χ2v) is 10.2. The molecule has 2 aromatic carbocycles. The number of nitrogens with zero attached hydrogens (tertiary/aromatic N) is 6. The molecule has 0 aliphatic carbocycles. The minimum Gasteiger partial charge on any atom is -0.367 e. The minimum atomic E-state index is -0.0542. The van der Waals surface area contributed by atoms with Gasteiger partial charge in [0, 0.05) is 50.2 Å². The highest BCUT2D eigenvalue weighted by Gasteiger charge is 2.23. The Hall–Kier alpha value is -3.81. The molecule has 7 nitrogen and oxygen atoms in total. The van der Waals surface area contributed by atoms with E-state index in [1.807, 2.05) is 23.6 Å². The number of hydrogen-bond acceptors (Lipinski definition) is 6. The van der Waals surface area contributed by atoms with Gasteiger partial charge in [-0.3, -0.25) is 4.90 Å². The van der Waals surface area contributed by atoms with Gasteiger partial charge in [0.1, 0.15) is 11.9 Å². The van der Waals surface area contributed by atoms with Crippen LogP contribution in [0.25, 0.3) is 16.7 Å². The average molecular weight is 507 g/mol.